The van der Waals surface area contributed by atoms with Crippen molar-refractivity contribution in [3.63, 3.8) is 0 Å². The van der Waals surface area contributed by atoms with Gasteiger partial charge in [-0.1, -0.05) is 56.1 Å². The molecule has 0 bridgehead atoms. The van der Waals surface area contributed by atoms with E-state index >= 15 is 0 Å². The number of aliphatic imine (C=N–C) groups is 1. The first kappa shape index (κ1) is 55.5. The zero-order chi connectivity index (χ0) is 47.8. The quantitative estimate of drug-likeness (QED) is 0.167. The average Bonchev–Trinajstić information content (AvgIpc) is 4.03. The zero-order valence-electron chi connectivity index (χ0n) is 37.4. The summed E-state index contributed by atoms with van der Waals surface area (Å²) >= 11 is 6.35. The predicted octanol–water partition coefficient (Wildman–Crippen LogP) is 3.95. The average molecular weight is 1210 g/mol. The molecule has 70 heavy (non-hydrogen) atoms. The summed E-state index contributed by atoms with van der Waals surface area (Å²) in [6, 6.07) is 30.4. The maximum Gasteiger partial charge on any atom is 2.00 e. The van der Waals surface area contributed by atoms with Gasteiger partial charge in [-0.3, -0.25) is 24.4 Å². The number of nitrogen functional groups attached to an aromatic ring is 1. The number of benzene rings is 4. The first-order chi connectivity index (χ1) is 31.8. The van der Waals surface area contributed by atoms with Gasteiger partial charge in [0.25, 0.3) is 36.0 Å². The van der Waals surface area contributed by atoms with Crippen LogP contribution < -0.4 is 37.5 Å². The van der Waals surface area contributed by atoms with Crippen LogP contribution in [0.1, 0.15) is 52.2 Å². The van der Waals surface area contributed by atoms with Crippen LogP contribution in [0.25, 0.3) is 11.0 Å². The van der Waals surface area contributed by atoms with Gasteiger partial charge >= 0.3 is 23.1 Å². The number of rotatable bonds is 4. The number of fused-ring (bicyclic) bond motifs is 5. The number of ether oxygens (including phenoxy) is 1. The van der Waals surface area contributed by atoms with Crippen molar-refractivity contribution >= 4 is 131 Å². The van der Waals surface area contributed by atoms with Crippen molar-refractivity contribution in [2.45, 2.75) is 41.6 Å². The van der Waals surface area contributed by atoms with Crippen LogP contribution in [0, 0.1) is 7.43 Å². The smallest absolute Gasteiger partial charge is 1.00 e. The predicted molar refractivity (Wildman–Crippen MR) is 272 cm³/mol. The number of hydrogen-bond donors (Lipinski definition) is 3. The van der Waals surface area contributed by atoms with Gasteiger partial charge in [-0.15, -0.1) is 0 Å². The van der Waals surface area contributed by atoms with Crippen molar-refractivity contribution in [1.29, 1.82) is 0 Å². The Hall–Kier alpha value is -5.41. The molecule has 1 amide bonds. The molecule has 0 atom stereocenters. The second kappa shape index (κ2) is 22.3. The number of hydrogen-bond acceptors (Lipinski definition) is 14. The van der Waals surface area contributed by atoms with E-state index in [1.807, 2.05) is 64.0 Å². The summed E-state index contributed by atoms with van der Waals surface area (Å²) in [4.78, 5) is 24.6. The Labute approximate surface area is 447 Å². The van der Waals surface area contributed by atoms with Crippen LogP contribution >= 0.6 is 31.9 Å². The van der Waals surface area contributed by atoms with E-state index in [0.29, 0.717) is 62.3 Å². The van der Waals surface area contributed by atoms with Gasteiger partial charge in [0.2, 0.25) is 0 Å². The summed E-state index contributed by atoms with van der Waals surface area (Å²) in [5.41, 5.74) is 13.8. The molecule has 3 aromatic heterocycles. The van der Waals surface area contributed by atoms with Gasteiger partial charge in [0.1, 0.15) is 26.8 Å². The minimum Gasteiger partial charge on any atom is -1.00 e. The molecule has 358 valence electrons. The van der Waals surface area contributed by atoms with Crippen molar-refractivity contribution in [3.8, 4) is 5.75 Å². The van der Waals surface area contributed by atoms with E-state index in [1.54, 1.807) is 69.7 Å². The maximum atomic E-state index is 12.0. The van der Waals surface area contributed by atoms with Crippen LogP contribution in [0.15, 0.2) is 153 Å². The largest absolute Gasteiger partial charge is 2.00 e. The van der Waals surface area contributed by atoms with Crippen LogP contribution in [0.5, 0.6) is 5.75 Å². The number of carbonyl (C=O) groups is 1. The molecule has 4 N–H and O–H groups in total. The molecular weight excluding hydrogens is 1170 g/mol. The van der Waals surface area contributed by atoms with Gasteiger partial charge in [-0.05, 0) is 98.3 Å². The van der Waals surface area contributed by atoms with Crippen LogP contribution in [0.2, 0.25) is 0 Å². The second-order valence-corrected chi connectivity index (χ2v) is 21.4. The number of anilines is 2. The molecule has 18 nitrogen and oxygen atoms in total. The van der Waals surface area contributed by atoms with Gasteiger partial charge in [0.15, 0.2) is 11.7 Å². The summed E-state index contributed by atoms with van der Waals surface area (Å²) in [7, 11) is -8.95. The van der Waals surface area contributed by atoms with Crippen molar-refractivity contribution in [1.82, 2.24) is 24.5 Å². The molecule has 4 aliphatic rings. The third kappa shape index (κ3) is 11.8. The number of methoxy groups -OCH3 is 1. The number of nitrogens with one attached hydrogen (secondary N) is 2. The van der Waals surface area contributed by atoms with Crippen molar-refractivity contribution in [3.05, 3.63) is 165 Å². The molecule has 0 saturated carbocycles. The fraction of sp³-hybridized carbons (Fsp3) is 0.111. The fourth-order valence-electron chi connectivity index (χ4n) is 7.13. The topological polar surface area (TPSA) is 259 Å². The number of aromatic nitrogens is 4. The van der Waals surface area contributed by atoms with Crippen molar-refractivity contribution in [2.24, 2.45) is 13.8 Å². The minimum absolute atomic E-state index is 0. The Balaban J connectivity index is 0.000000176. The number of amidine groups is 1. The van der Waals surface area contributed by atoms with E-state index in [1.165, 1.54) is 12.1 Å². The van der Waals surface area contributed by atoms with E-state index < -0.39 is 36.0 Å². The summed E-state index contributed by atoms with van der Waals surface area (Å²) in [6.07, 6.45) is 3.43. The van der Waals surface area contributed by atoms with Crippen LogP contribution in [-0.4, -0.2) is 98.3 Å². The number of nitrogens with zero attached hydrogens (tertiary/aromatic N) is 7. The maximum absolute atomic E-state index is 12.0. The molecule has 7 aromatic rings. The molecule has 0 unspecified atom stereocenters. The first-order valence-corrected chi connectivity index (χ1v) is 25.7. The van der Waals surface area contributed by atoms with Gasteiger partial charge < -0.3 is 40.2 Å². The molecule has 25 heteroatoms. The molecule has 0 aliphatic carbocycles. The second-order valence-electron chi connectivity index (χ2n) is 14.8. The fourth-order valence-corrected chi connectivity index (χ4v) is 12.0. The van der Waals surface area contributed by atoms with Gasteiger partial charge in [-0.2, -0.15) is 30.7 Å². The molecule has 0 spiro atoms. The van der Waals surface area contributed by atoms with Crippen LogP contribution in [0.4, 0.5) is 11.5 Å². The normalized spacial score (nSPS) is 15.2. The molecule has 4 aliphatic heterocycles. The van der Waals surface area contributed by atoms with Crippen LogP contribution in [0.3, 0.4) is 0 Å². The zero-order valence-corrected chi connectivity index (χ0v) is 46.0. The van der Waals surface area contributed by atoms with E-state index in [4.69, 9.17) is 10.5 Å². The summed E-state index contributed by atoms with van der Waals surface area (Å²) in [6.45, 7) is 4.62. The summed E-state index contributed by atoms with van der Waals surface area (Å²) in [5, 5.41) is 7.48. The Morgan fingerprint density at radius 3 is 1.97 bits per heavy atom. The Bertz CT molecular complexity index is 3610. The molecule has 0 saturated heterocycles. The number of carbonyl (C=O) groups excluding carboxylic acids is 1. The number of sulfonamides is 3. The third-order valence-corrected chi connectivity index (χ3v) is 15.5. The van der Waals surface area contributed by atoms with Crippen molar-refractivity contribution < 1.29 is 51.8 Å². The standard InChI is InChI=1S/C15H12N4O2S.C14H14N4O.C8H6BrNO2S.C7H4BrNO3S.CH3.BrH.Mg/c1-9-12-5-4-11(7-13(12)22(20,21)19-9)18-15-14-10(8-17-15)3-2-6-16-14;1-19-11-6-4-10(5-7-11)9-18-12-3-2-8-16-13(12)14(15)17-18;1-5-7-3-2-6(9)4-8(7)13(11,12)10-5;8-4-1-2-5-6(3-4)13(11,12)9-7(5)10;;;/h2-7H,8H2,1H3,(H,17,18);2-8H,9H2,1H3,(H2,15,17);2-4H,1H3;1-3H,(H,9,10);1H3;1H;/q;;;;-1;;+2/p-1. The molecule has 0 radical (unpaired) electrons. The number of halogens is 3. The van der Waals surface area contributed by atoms with E-state index in [-0.39, 0.29) is 62.8 Å². The molecular formula is C45H39Br3MgN10O8S3. The van der Waals surface area contributed by atoms with Crippen LogP contribution in [-0.2, 0) is 43.2 Å². The third-order valence-electron chi connectivity index (χ3n) is 10.3. The van der Waals surface area contributed by atoms with Gasteiger partial charge in [0.05, 0.1) is 47.6 Å². The first-order valence-electron chi connectivity index (χ1n) is 19.7. The van der Waals surface area contributed by atoms with E-state index in [9.17, 15) is 30.0 Å². The van der Waals surface area contributed by atoms with E-state index in [0.717, 1.165) is 38.1 Å². The number of pyridine rings is 2. The van der Waals surface area contributed by atoms with Crippen molar-refractivity contribution in [2.75, 3.05) is 18.2 Å². The number of nitrogens with two attached hydrogens (primary N) is 1. The molecule has 7 heterocycles. The molecule has 11 rings (SSSR count). The molecule has 0 fully saturated rings. The van der Waals surface area contributed by atoms with E-state index in [2.05, 4.69) is 66.0 Å². The Kier molecular flexibility index (Phi) is 17.7. The minimum atomic E-state index is -3.61. The Morgan fingerprint density at radius 2 is 1.33 bits per heavy atom. The summed E-state index contributed by atoms with van der Waals surface area (Å²) in [5.74, 6) is 1.39. The summed E-state index contributed by atoms with van der Waals surface area (Å²) < 4.78 is 86.9. The SMILES string of the molecule is CC1=NS(=O)(=O)c2cc(Br)ccc21.CC1=NS(=O)(=O)c2cc(NC3=NCc4cccnc43)ccc21.COc1ccc(Cn2nc(N)c3ncccc32)cc1.O=C1NS(=O)(=O)c2cc(Br)ccc21.[Br-].[CH3-].[Mg+2]. The number of amides is 1. The van der Waals surface area contributed by atoms with Gasteiger partial charge in [0, 0.05) is 43.7 Å². The van der Waals surface area contributed by atoms with Gasteiger partial charge in [-0.25, -0.2) is 13.1 Å². The monoisotopic (exact) mass is 1200 g/mol. The Morgan fingerprint density at radius 1 is 0.757 bits per heavy atom. The molecule has 4 aromatic carbocycles.